The zero-order valence-corrected chi connectivity index (χ0v) is 11.4. The van der Waals surface area contributed by atoms with Crippen LogP contribution in [-0.4, -0.2) is 0 Å². The van der Waals surface area contributed by atoms with Gasteiger partial charge in [0.1, 0.15) is 23.7 Å². The second-order valence-electron chi connectivity index (χ2n) is 4.79. The summed E-state index contributed by atoms with van der Waals surface area (Å²) in [6.07, 6.45) is -4.46. The molecule has 22 heavy (non-hydrogen) atoms. The molecule has 3 nitrogen and oxygen atoms in total. The number of benzene rings is 2. The molecule has 3 rings (SSSR count). The van der Waals surface area contributed by atoms with Crippen LogP contribution in [0.2, 0.25) is 0 Å². The molecule has 1 heterocycles. The molecule has 2 aromatic carbocycles. The number of ether oxygens (including phenoxy) is 1. The van der Waals surface area contributed by atoms with Crippen LogP contribution in [0.1, 0.15) is 11.3 Å². The van der Waals surface area contributed by atoms with Crippen molar-refractivity contribution in [3.05, 3.63) is 59.9 Å². The van der Waals surface area contributed by atoms with Gasteiger partial charge >= 0.3 is 6.18 Å². The standard InChI is InChI=1S/C16H12F3NO2/c17-16(18,19)13-3-1-2-4-14(13)21-9-12-7-10-5-6-11(20)8-15(10)22-12/h1-8H,9,20H2. The van der Waals surface area contributed by atoms with E-state index in [1.807, 2.05) is 0 Å². The van der Waals surface area contributed by atoms with Crippen LogP contribution in [0.3, 0.4) is 0 Å². The van der Waals surface area contributed by atoms with Crippen molar-refractivity contribution in [2.24, 2.45) is 0 Å². The molecule has 1 aromatic heterocycles. The van der Waals surface area contributed by atoms with Gasteiger partial charge in [-0.05, 0) is 30.3 Å². The molecule has 0 aliphatic carbocycles. The van der Waals surface area contributed by atoms with Crippen LogP contribution in [0.25, 0.3) is 11.0 Å². The van der Waals surface area contributed by atoms with Gasteiger partial charge < -0.3 is 14.9 Å². The van der Waals surface area contributed by atoms with Gasteiger partial charge in [0.25, 0.3) is 0 Å². The van der Waals surface area contributed by atoms with Crippen LogP contribution in [0.5, 0.6) is 5.75 Å². The lowest BCUT2D eigenvalue weighted by Crippen LogP contribution is -2.08. The molecule has 0 amide bonds. The van der Waals surface area contributed by atoms with E-state index < -0.39 is 11.7 Å². The summed E-state index contributed by atoms with van der Waals surface area (Å²) in [5, 5.41) is 0.817. The van der Waals surface area contributed by atoms with Crippen molar-refractivity contribution < 1.29 is 22.3 Å². The Balaban J connectivity index is 1.82. The minimum Gasteiger partial charge on any atom is -0.485 e. The molecule has 114 valence electrons. The first-order valence-corrected chi connectivity index (χ1v) is 6.50. The first kappa shape index (κ1) is 14.3. The Hall–Kier alpha value is -2.63. The Morgan fingerprint density at radius 2 is 1.82 bits per heavy atom. The summed E-state index contributed by atoms with van der Waals surface area (Å²) >= 11 is 0. The Morgan fingerprint density at radius 1 is 1.05 bits per heavy atom. The molecule has 0 fully saturated rings. The van der Waals surface area contributed by atoms with E-state index in [1.165, 1.54) is 18.2 Å². The number of rotatable bonds is 3. The fourth-order valence-corrected chi connectivity index (χ4v) is 2.15. The smallest absolute Gasteiger partial charge is 0.419 e. The van der Waals surface area contributed by atoms with Crippen LogP contribution in [0, 0.1) is 0 Å². The molecule has 0 saturated heterocycles. The number of nitrogen functional groups attached to an aromatic ring is 1. The second kappa shape index (κ2) is 5.29. The van der Waals surface area contributed by atoms with Crippen molar-refractivity contribution in [3.8, 4) is 5.75 Å². The molecule has 0 aliphatic heterocycles. The van der Waals surface area contributed by atoms with E-state index in [2.05, 4.69) is 0 Å². The lowest BCUT2D eigenvalue weighted by molar-refractivity contribution is -0.139. The number of anilines is 1. The molecule has 2 N–H and O–H groups in total. The van der Waals surface area contributed by atoms with Gasteiger partial charge in [0.05, 0.1) is 5.56 Å². The summed E-state index contributed by atoms with van der Waals surface area (Å²) in [4.78, 5) is 0. The molecule has 6 heteroatoms. The van der Waals surface area contributed by atoms with Gasteiger partial charge in [0, 0.05) is 17.1 Å². The molecular formula is C16H12F3NO2. The minimum atomic E-state index is -4.46. The number of nitrogens with two attached hydrogens (primary N) is 1. The highest BCUT2D eigenvalue weighted by Gasteiger charge is 2.34. The van der Waals surface area contributed by atoms with Gasteiger partial charge in [-0.2, -0.15) is 13.2 Å². The van der Waals surface area contributed by atoms with Crippen molar-refractivity contribution in [3.63, 3.8) is 0 Å². The number of hydrogen-bond donors (Lipinski definition) is 1. The third-order valence-corrected chi connectivity index (χ3v) is 3.16. The van der Waals surface area contributed by atoms with Crippen molar-refractivity contribution in [2.45, 2.75) is 12.8 Å². The first-order chi connectivity index (χ1) is 10.4. The number of fused-ring (bicyclic) bond motifs is 1. The average Bonchev–Trinajstić information content (AvgIpc) is 2.86. The minimum absolute atomic E-state index is 0.0956. The quantitative estimate of drug-likeness (QED) is 0.719. The summed E-state index contributed by atoms with van der Waals surface area (Å²) in [6.45, 7) is -0.0956. The van der Waals surface area contributed by atoms with Gasteiger partial charge in [-0.15, -0.1) is 0 Å². The molecular weight excluding hydrogens is 295 g/mol. The first-order valence-electron chi connectivity index (χ1n) is 6.50. The van der Waals surface area contributed by atoms with E-state index in [1.54, 1.807) is 24.3 Å². The predicted octanol–water partition coefficient (Wildman–Crippen LogP) is 4.61. The van der Waals surface area contributed by atoms with Crippen LogP contribution in [0.4, 0.5) is 18.9 Å². The van der Waals surface area contributed by atoms with Gasteiger partial charge in [-0.3, -0.25) is 0 Å². The zero-order valence-electron chi connectivity index (χ0n) is 11.4. The lowest BCUT2D eigenvalue weighted by atomic mass is 10.2. The fourth-order valence-electron chi connectivity index (χ4n) is 2.15. The molecule has 0 bridgehead atoms. The molecule has 0 unspecified atom stereocenters. The molecule has 0 saturated carbocycles. The van der Waals surface area contributed by atoms with Crippen LogP contribution in [-0.2, 0) is 12.8 Å². The fraction of sp³-hybridized carbons (Fsp3) is 0.125. The third-order valence-electron chi connectivity index (χ3n) is 3.16. The maximum Gasteiger partial charge on any atom is 0.419 e. The summed E-state index contributed by atoms with van der Waals surface area (Å²) in [5.74, 6) is 0.201. The third kappa shape index (κ3) is 2.86. The van der Waals surface area contributed by atoms with E-state index in [9.17, 15) is 13.2 Å². The van der Waals surface area contributed by atoms with Gasteiger partial charge in [0.15, 0.2) is 0 Å². The van der Waals surface area contributed by atoms with Crippen molar-refractivity contribution in [1.82, 2.24) is 0 Å². The zero-order chi connectivity index (χ0) is 15.7. The second-order valence-corrected chi connectivity index (χ2v) is 4.79. The topological polar surface area (TPSA) is 48.4 Å². The molecule has 0 spiro atoms. The summed E-state index contributed by atoms with van der Waals surface area (Å²) in [6, 6.07) is 11.9. The summed E-state index contributed by atoms with van der Waals surface area (Å²) in [7, 11) is 0. The maximum atomic E-state index is 12.9. The highest BCUT2D eigenvalue weighted by molar-refractivity contribution is 5.81. The maximum absolute atomic E-state index is 12.9. The number of halogens is 3. The molecule has 0 atom stereocenters. The number of furan rings is 1. The van der Waals surface area contributed by atoms with E-state index >= 15 is 0 Å². The van der Waals surface area contributed by atoms with Crippen LogP contribution >= 0.6 is 0 Å². The highest BCUT2D eigenvalue weighted by atomic mass is 19.4. The Bertz CT molecular complexity index is 809. The molecule has 3 aromatic rings. The number of hydrogen-bond acceptors (Lipinski definition) is 3. The Labute approximate surface area is 124 Å². The normalized spacial score (nSPS) is 11.8. The van der Waals surface area contributed by atoms with E-state index in [0.29, 0.717) is 17.0 Å². The van der Waals surface area contributed by atoms with E-state index in [0.717, 1.165) is 11.5 Å². The summed E-state index contributed by atoms with van der Waals surface area (Å²) in [5.41, 5.74) is 5.96. The average molecular weight is 307 g/mol. The largest absolute Gasteiger partial charge is 0.485 e. The van der Waals surface area contributed by atoms with Crippen LogP contribution in [0.15, 0.2) is 52.9 Å². The molecule has 0 radical (unpaired) electrons. The number of para-hydroxylation sites is 1. The lowest BCUT2D eigenvalue weighted by Gasteiger charge is -2.12. The van der Waals surface area contributed by atoms with E-state index in [4.69, 9.17) is 14.9 Å². The Kier molecular flexibility index (Phi) is 3.44. The van der Waals surface area contributed by atoms with Gasteiger partial charge in [0.2, 0.25) is 0 Å². The van der Waals surface area contributed by atoms with Gasteiger partial charge in [-0.1, -0.05) is 12.1 Å². The predicted molar refractivity (Wildman–Crippen MR) is 76.4 cm³/mol. The van der Waals surface area contributed by atoms with Crippen LogP contribution < -0.4 is 10.5 Å². The van der Waals surface area contributed by atoms with Gasteiger partial charge in [-0.25, -0.2) is 0 Å². The van der Waals surface area contributed by atoms with Crippen molar-refractivity contribution >= 4 is 16.7 Å². The molecule has 0 aliphatic rings. The van der Waals surface area contributed by atoms with Crippen molar-refractivity contribution in [1.29, 1.82) is 0 Å². The Morgan fingerprint density at radius 3 is 2.59 bits per heavy atom. The SMILES string of the molecule is Nc1ccc2cc(COc3ccccc3C(F)(F)F)oc2c1. The highest BCUT2D eigenvalue weighted by Crippen LogP contribution is 2.36. The van der Waals surface area contributed by atoms with Crippen molar-refractivity contribution in [2.75, 3.05) is 5.73 Å². The summed E-state index contributed by atoms with van der Waals surface area (Å²) < 4.78 is 49.4. The number of alkyl halides is 3. The van der Waals surface area contributed by atoms with E-state index in [-0.39, 0.29) is 12.4 Å². The monoisotopic (exact) mass is 307 g/mol.